The molecule has 5 nitrogen and oxygen atoms in total. The standard InChI is InChI=1S/C14H11F5N4O/c15-8-4-3-7(11(16)10(8)14(17,18)19)13(24)23-5-1-2-9(23)12-20-6-21-22-12/h3-4,6,9H,1-2,5H2,(H,20,21,22)/t9-/m1/s1. The van der Waals surface area contributed by atoms with Gasteiger partial charge in [0.05, 0.1) is 11.6 Å². The molecule has 2 heterocycles. The number of alkyl halides is 3. The summed E-state index contributed by atoms with van der Waals surface area (Å²) in [4.78, 5) is 17.6. The minimum Gasteiger partial charge on any atom is -0.328 e. The van der Waals surface area contributed by atoms with E-state index in [1.807, 2.05) is 0 Å². The van der Waals surface area contributed by atoms with Crippen molar-refractivity contribution in [1.82, 2.24) is 20.1 Å². The molecule has 1 aromatic heterocycles. The summed E-state index contributed by atoms with van der Waals surface area (Å²) >= 11 is 0. The molecular weight excluding hydrogens is 335 g/mol. The Hall–Kier alpha value is -2.52. The van der Waals surface area contributed by atoms with Crippen molar-refractivity contribution in [3.8, 4) is 0 Å². The number of likely N-dealkylation sites (tertiary alicyclic amines) is 1. The number of amides is 1. The van der Waals surface area contributed by atoms with Gasteiger partial charge in [0, 0.05) is 6.54 Å². The van der Waals surface area contributed by atoms with Crippen LogP contribution in [0.3, 0.4) is 0 Å². The van der Waals surface area contributed by atoms with Crippen LogP contribution in [0.5, 0.6) is 0 Å². The van der Waals surface area contributed by atoms with Gasteiger partial charge in [-0.05, 0) is 25.0 Å². The molecular formula is C14H11F5N4O. The number of benzene rings is 1. The third-order valence-corrected chi connectivity index (χ3v) is 3.87. The Morgan fingerprint density at radius 2 is 2.04 bits per heavy atom. The first-order valence-electron chi connectivity index (χ1n) is 7.02. The number of H-pyrrole nitrogens is 1. The molecule has 1 saturated heterocycles. The fourth-order valence-corrected chi connectivity index (χ4v) is 2.80. The van der Waals surface area contributed by atoms with E-state index >= 15 is 0 Å². The Balaban J connectivity index is 1.99. The highest BCUT2D eigenvalue weighted by atomic mass is 19.4. The van der Waals surface area contributed by atoms with Crippen molar-refractivity contribution in [2.45, 2.75) is 25.1 Å². The number of carbonyl (C=O) groups is 1. The second kappa shape index (κ2) is 5.84. The molecule has 1 aliphatic rings. The van der Waals surface area contributed by atoms with Gasteiger partial charge in [-0.1, -0.05) is 0 Å². The van der Waals surface area contributed by atoms with Gasteiger partial charge in [-0.15, -0.1) is 0 Å². The number of halogens is 5. The fraction of sp³-hybridized carbons (Fsp3) is 0.357. The molecule has 0 radical (unpaired) electrons. The summed E-state index contributed by atoms with van der Waals surface area (Å²) in [6, 6.07) is 0.621. The van der Waals surface area contributed by atoms with Gasteiger partial charge in [0.1, 0.15) is 23.5 Å². The molecule has 1 amide bonds. The molecule has 1 atom stereocenters. The molecule has 2 aromatic rings. The quantitative estimate of drug-likeness (QED) is 0.850. The van der Waals surface area contributed by atoms with Gasteiger partial charge in [-0.25, -0.2) is 13.8 Å². The average molecular weight is 346 g/mol. The molecule has 0 aliphatic carbocycles. The van der Waals surface area contributed by atoms with Crippen LogP contribution in [0, 0.1) is 11.6 Å². The first-order chi connectivity index (χ1) is 11.3. The Labute approximate surface area is 132 Å². The Morgan fingerprint density at radius 3 is 2.67 bits per heavy atom. The predicted octanol–water partition coefficient (Wildman–Crippen LogP) is 3.08. The molecule has 128 valence electrons. The van der Waals surface area contributed by atoms with Crippen molar-refractivity contribution in [1.29, 1.82) is 0 Å². The lowest BCUT2D eigenvalue weighted by molar-refractivity contribution is -0.142. The zero-order valence-electron chi connectivity index (χ0n) is 12.1. The normalized spacial score (nSPS) is 18.2. The maximum absolute atomic E-state index is 14.2. The van der Waals surface area contributed by atoms with Crippen LogP contribution in [-0.4, -0.2) is 32.5 Å². The summed E-state index contributed by atoms with van der Waals surface area (Å²) in [6.07, 6.45) is -2.92. The van der Waals surface area contributed by atoms with Crippen LogP contribution in [-0.2, 0) is 6.18 Å². The van der Waals surface area contributed by atoms with E-state index in [0.29, 0.717) is 24.7 Å². The predicted molar refractivity (Wildman–Crippen MR) is 70.8 cm³/mol. The number of rotatable bonds is 2. The highest BCUT2D eigenvalue weighted by Crippen LogP contribution is 2.36. The lowest BCUT2D eigenvalue weighted by Crippen LogP contribution is -2.32. The Morgan fingerprint density at radius 1 is 1.29 bits per heavy atom. The zero-order valence-corrected chi connectivity index (χ0v) is 12.1. The molecule has 1 N–H and O–H groups in total. The molecule has 10 heteroatoms. The molecule has 1 aliphatic heterocycles. The van der Waals surface area contributed by atoms with Crippen molar-refractivity contribution >= 4 is 5.91 Å². The number of nitrogens with one attached hydrogen (secondary N) is 1. The van der Waals surface area contributed by atoms with E-state index in [-0.39, 0.29) is 6.54 Å². The molecule has 0 spiro atoms. The van der Waals surface area contributed by atoms with Crippen LogP contribution in [0.4, 0.5) is 22.0 Å². The summed E-state index contributed by atoms with van der Waals surface area (Å²) in [7, 11) is 0. The summed E-state index contributed by atoms with van der Waals surface area (Å²) in [6.45, 7) is 0.225. The maximum Gasteiger partial charge on any atom is 0.422 e. The maximum atomic E-state index is 14.2. The lowest BCUT2D eigenvalue weighted by atomic mass is 10.1. The summed E-state index contributed by atoms with van der Waals surface area (Å²) in [5, 5.41) is 6.25. The number of nitrogens with zero attached hydrogens (tertiary/aromatic N) is 3. The molecule has 24 heavy (non-hydrogen) atoms. The van der Waals surface area contributed by atoms with Gasteiger partial charge in [0.15, 0.2) is 5.82 Å². The van der Waals surface area contributed by atoms with E-state index in [0.717, 1.165) is 6.07 Å². The number of carbonyl (C=O) groups excluding carboxylic acids is 1. The monoisotopic (exact) mass is 346 g/mol. The van der Waals surface area contributed by atoms with Crippen LogP contribution < -0.4 is 0 Å². The van der Waals surface area contributed by atoms with E-state index in [9.17, 15) is 26.7 Å². The van der Waals surface area contributed by atoms with E-state index in [2.05, 4.69) is 15.2 Å². The van der Waals surface area contributed by atoms with Crippen molar-refractivity contribution < 1.29 is 26.7 Å². The first kappa shape index (κ1) is 16.3. The van der Waals surface area contributed by atoms with Gasteiger partial charge in [-0.2, -0.15) is 18.3 Å². The first-order valence-corrected chi connectivity index (χ1v) is 7.02. The van der Waals surface area contributed by atoms with Crippen molar-refractivity contribution in [3.63, 3.8) is 0 Å². The molecule has 1 fully saturated rings. The van der Waals surface area contributed by atoms with Gasteiger partial charge in [-0.3, -0.25) is 9.89 Å². The smallest absolute Gasteiger partial charge is 0.328 e. The van der Waals surface area contributed by atoms with Gasteiger partial charge in [0.2, 0.25) is 0 Å². The van der Waals surface area contributed by atoms with E-state index < -0.39 is 40.9 Å². The van der Waals surface area contributed by atoms with Crippen molar-refractivity contribution in [2.75, 3.05) is 6.54 Å². The van der Waals surface area contributed by atoms with E-state index in [1.54, 1.807) is 0 Å². The van der Waals surface area contributed by atoms with Crippen LogP contribution in [0.2, 0.25) is 0 Å². The summed E-state index contributed by atoms with van der Waals surface area (Å²) in [5.74, 6) is -4.25. The molecule has 0 bridgehead atoms. The molecule has 0 saturated carbocycles. The Bertz CT molecular complexity index is 759. The number of aromatic nitrogens is 3. The minimum atomic E-state index is -5.24. The van der Waals surface area contributed by atoms with E-state index in [4.69, 9.17) is 0 Å². The van der Waals surface area contributed by atoms with E-state index in [1.165, 1.54) is 11.2 Å². The van der Waals surface area contributed by atoms with Gasteiger partial charge in [0.25, 0.3) is 5.91 Å². The van der Waals surface area contributed by atoms with Crippen LogP contribution in [0.15, 0.2) is 18.5 Å². The van der Waals surface area contributed by atoms with Crippen LogP contribution in [0.25, 0.3) is 0 Å². The SMILES string of the molecule is O=C(c1ccc(F)c(C(F)(F)F)c1F)N1CCC[C@@H]1c1ncn[nH]1. The highest BCUT2D eigenvalue weighted by molar-refractivity contribution is 5.95. The molecule has 0 unspecified atom stereocenters. The number of hydrogen-bond acceptors (Lipinski definition) is 3. The van der Waals surface area contributed by atoms with Gasteiger partial charge >= 0.3 is 6.18 Å². The topological polar surface area (TPSA) is 61.9 Å². The van der Waals surface area contributed by atoms with Gasteiger partial charge < -0.3 is 4.90 Å². The van der Waals surface area contributed by atoms with Crippen LogP contribution >= 0.6 is 0 Å². The third-order valence-electron chi connectivity index (χ3n) is 3.87. The fourth-order valence-electron chi connectivity index (χ4n) is 2.80. The highest BCUT2D eigenvalue weighted by Gasteiger charge is 2.41. The third kappa shape index (κ3) is 2.72. The van der Waals surface area contributed by atoms with Crippen molar-refractivity contribution in [3.05, 3.63) is 47.0 Å². The lowest BCUT2D eigenvalue weighted by Gasteiger charge is -2.23. The molecule has 3 rings (SSSR count). The Kier molecular flexibility index (Phi) is 3.98. The average Bonchev–Trinajstić information content (AvgIpc) is 3.16. The summed E-state index contributed by atoms with van der Waals surface area (Å²) < 4.78 is 65.9. The number of aromatic amines is 1. The second-order valence-electron chi connectivity index (χ2n) is 5.31. The second-order valence-corrected chi connectivity index (χ2v) is 5.31. The molecule has 1 aromatic carbocycles. The number of hydrogen-bond donors (Lipinski definition) is 1. The van der Waals surface area contributed by atoms with Crippen LogP contribution in [0.1, 0.15) is 40.6 Å². The minimum absolute atomic E-state index is 0.225. The zero-order chi connectivity index (χ0) is 17.5. The summed E-state index contributed by atoms with van der Waals surface area (Å²) in [5.41, 5.74) is -2.89. The largest absolute Gasteiger partial charge is 0.422 e. The van der Waals surface area contributed by atoms with Crippen molar-refractivity contribution in [2.24, 2.45) is 0 Å².